The summed E-state index contributed by atoms with van der Waals surface area (Å²) in [4.78, 5) is 21.5. The molecule has 0 fully saturated rings. The van der Waals surface area contributed by atoms with Crippen molar-refractivity contribution in [3.63, 3.8) is 0 Å². The molecule has 0 radical (unpaired) electrons. The Labute approximate surface area is 315 Å². The Bertz CT molecular complexity index is 1000. The van der Waals surface area contributed by atoms with E-state index in [1.54, 1.807) is 18.2 Å². The second kappa shape index (κ2) is 30.3. The van der Waals surface area contributed by atoms with Gasteiger partial charge in [0.15, 0.2) is 0 Å². The van der Waals surface area contributed by atoms with E-state index in [0.717, 1.165) is 37.7 Å². The molecule has 0 saturated heterocycles. The van der Waals surface area contributed by atoms with Crippen LogP contribution in [0.1, 0.15) is 187 Å². The van der Waals surface area contributed by atoms with Crippen molar-refractivity contribution in [1.82, 2.24) is 0 Å². The van der Waals surface area contributed by atoms with Crippen LogP contribution in [0.2, 0.25) is 0 Å². The van der Waals surface area contributed by atoms with Gasteiger partial charge in [-0.15, -0.1) is 5.75 Å². The number of carbonyl (C=O) groups is 2. The van der Waals surface area contributed by atoms with Gasteiger partial charge >= 0.3 is 43.7 Å². The van der Waals surface area contributed by atoms with E-state index in [9.17, 15) is 24.9 Å². The van der Waals surface area contributed by atoms with Crippen LogP contribution in [0.3, 0.4) is 0 Å². The van der Waals surface area contributed by atoms with E-state index in [2.05, 4.69) is 13.8 Å². The molecule has 0 spiro atoms. The summed E-state index contributed by atoms with van der Waals surface area (Å²) in [5.74, 6) is -2.36. The summed E-state index contributed by atoms with van der Waals surface area (Å²) in [5.41, 5.74) is 1.68. The normalized spacial score (nSPS) is 10.6. The summed E-state index contributed by atoms with van der Waals surface area (Å²) >= 11 is 0. The molecule has 2 N–H and O–H groups in total. The van der Waals surface area contributed by atoms with Crippen LogP contribution in [0.15, 0.2) is 36.4 Å². The van der Waals surface area contributed by atoms with Gasteiger partial charge in [0, 0.05) is 0 Å². The molecular weight excluding hydrogens is 617 g/mol. The van der Waals surface area contributed by atoms with Gasteiger partial charge < -0.3 is 25.2 Å². The third-order valence-electron chi connectivity index (χ3n) is 8.73. The van der Waals surface area contributed by atoms with Crippen LogP contribution in [0, 0.1) is 0 Å². The molecule has 2 rings (SSSR count). The summed E-state index contributed by atoms with van der Waals surface area (Å²) in [5, 5.41) is 41.1. The van der Waals surface area contributed by atoms with Crippen LogP contribution in [-0.2, 0) is 12.8 Å². The molecule has 0 unspecified atom stereocenters. The first kappa shape index (κ1) is 45.2. The predicted octanol–water partition coefficient (Wildman–Crippen LogP) is 9.54. The van der Waals surface area contributed by atoms with Crippen LogP contribution >= 0.6 is 0 Å². The van der Waals surface area contributed by atoms with Gasteiger partial charge in [-0.3, -0.25) is 0 Å². The fourth-order valence-corrected chi connectivity index (χ4v) is 5.76. The van der Waals surface area contributed by atoms with Crippen LogP contribution in [0.4, 0.5) is 0 Å². The minimum Gasteiger partial charge on any atom is -0.872 e. The molecule has 260 valence electrons. The topological polar surface area (TPSA) is 121 Å². The zero-order valence-electron chi connectivity index (χ0n) is 29.7. The Balaban J connectivity index is 0.000000882. The number of hydrogen-bond acceptors (Lipinski definition) is 5. The molecule has 47 heavy (non-hydrogen) atoms. The molecule has 0 heterocycles. The third-order valence-corrected chi connectivity index (χ3v) is 8.73. The molecule has 0 aliphatic heterocycles. The van der Waals surface area contributed by atoms with Crippen molar-refractivity contribution in [2.45, 2.75) is 168 Å². The Morgan fingerprint density at radius 2 is 0.915 bits per heavy atom. The fourth-order valence-electron chi connectivity index (χ4n) is 5.76. The molecule has 2 aromatic rings. The number of phenolic OH excluding ortho intramolecular Hbond substituents is 1. The third kappa shape index (κ3) is 23.3. The number of carboxylic acids is 2. The maximum absolute atomic E-state index is 11.8. The van der Waals surface area contributed by atoms with E-state index in [1.807, 2.05) is 0 Å². The van der Waals surface area contributed by atoms with Gasteiger partial charge in [0.25, 0.3) is 0 Å². The molecule has 2 aromatic carbocycles. The predicted molar refractivity (Wildman–Crippen MR) is 191 cm³/mol. The number of phenols is 1. The monoisotopic (exact) mass is 678 g/mol. The van der Waals surface area contributed by atoms with Gasteiger partial charge in [-0.2, -0.15) is 0 Å². The number of aromatic carboxylic acids is 2. The Morgan fingerprint density at radius 1 is 0.553 bits per heavy atom. The van der Waals surface area contributed by atoms with Gasteiger partial charge in [0.2, 0.25) is 0 Å². The maximum atomic E-state index is 11.8. The molecule has 0 bridgehead atoms. The average Bonchev–Trinajstić information content (AvgIpc) is 3.03. The molecule has 0 saturated carbocycles. The molecule has 0 aliphatic rings. The second-order valence-corrected chi connectivity index (χ2v) is 12.8. The quantitative estimate of drug-likeness (QED) is 0.0755. The first-order chi connectivity index (χ1) is 22.3. The van der Waals surface area contributed by atoms with Crippen molar-refractivity contribution in [3.05, 3.63) is 58.7 Å². The van der Waals surface area contributed by atoms with E-state index in [-0.39, 0.29) is 60.4 Å². The van der Waals surface area contributed by atoms with Crippen LogP contribution in [0.25, 0.3) is 0 Å². The number of carboxylic acid groups (broad SMARTS) is 2. The molecule has 0 atom stereocenters. The molecule has 6 nitrogen and oxygen atoms in total. The number of rotatable bonds is 26. The van der Waals surface area contributed by atoms with Crippen molar-refractivity contribution in [2.24, 2.45) is 0 Å². The first-order valence-electron chi connectivity index (χ1n) is 18.4. The number of aryl methyl sites for hydroxylation is 2. The summed E-state index contributed by atoms with van der Waals surface area (Å²) in [6, 6.07) is 8.90. The number of unbranched alkanes of at least 4 members (excludes halogenated alkanes) is 20. The van der Waals surface area contributed by atoms with Crippen molar-refractivity contribution < 1.29 is 30.0 Å². The molecular formula is C40H62CaO6. The molecule has 0 amide bonds. The Kier molecular flexibility index (Phi) is 29.2. The average molecular weight is 679 g/mol. The molecule has 7 heteroatoms. The summed E-state index contributed by atoms with van der Waals surface area (Å²) in [6.07, 6.45) is 30.0. The number of aromatic hydroxyl groups is 1. The van der Waals surface area contributed by atoms with Gasteiger partial charge in [-0.05, 0) is 48.9 Å². The van der Waals surface area contributed by atoms with Crippen LogP contribution in [-0.4, -0.2) is 59.9 Å². The molecule has 0 aliphatic carbocycles. The maximum Gasteiger partial charge on any atom is 2.00 e. The fraction of sp³-hybridized carbons (Fsp3) is 0.650. The van der Waals surface area contributed by atoms with Crippen LogP contribution in [0.5, 0.6) is 11.5 Å². The standard InChI is InChI=1S/2C20H32O3.Ca/c2*1-2-3-4-5-6-7-8-9-10-11-12-13-17-14-15-18(20(22)23)16-19(17)21;/h2*14-16,21H,2-13H2,1H3,(H,22,23);/q;;+2/p-2. The van der Waals surface area contributed by atoms with E-state index >= 15 is 0 Å². The SMILES string of the molecule is CCCCCCCCCCCCCc1ccc(C(=O)O)cc1O.CCCCCCCCCCCCCc1ccc(C(=O)[O-])cc1[O-].[Ca+2]. The van der Waals surface area contributed by atoms with Crippen LogP contribution < -0.4 is 10.2 Å². The largest absolute Gasteiger partial charge is 2.00 e. The van der Waals surface area contributed by atoms with Gasteiger partial charge in [-0.1, -0.05) is 172 Å². The van der Waals surface area contributed by atoms with Crippen molar-refractivity contribution in [2.75, 3.05) is 0 Å². The summed E-state index contributed by atoms with van der Waals surface area (Å²) < 4.78 is 0. The number of hydrogen-bond donors (Lipinski definition) is 2. The van der Waals surface area contributed by atoms with Crippen molar-refractivity contribution in [1.29, 1.82) is 0 Å². The van der Waals surface area contributed by atoms with E-state index < -0.39 is 11.9 Å². The summed E-state index contributed by atoms with van der Waals surface area (Å²) in [6.45, 7) is 4.49. The minimum absolute atomic E-state index is 0. The Morgan fingerprint density at radius 3 is 1.28 bits per heavy atom. The minimum atomic E-state index is -1.29. The number of carbonyl (C=O) groups excluding carboxylic acids is 1. The van der Waals surface area contributed by atoms with Crippen molar-refractivity contribution >= 4 is 49.7 Å². The first-order valence-corrected chi connectivity index (χ1v) is 18.4. The summed E-state index contributed by atoms with van der Waals surface area (Å²) in [7, 11) is 0. The van der Waals surface area contributed by atoms with Gasteiger partial charge in [0.1, 0.15) is 5.75 Å². The Hall–Kier alpha value is -1.76. The second-order valence-electron chi connectivity index (χ2n) is 12.8. The molecule has 0 aromatic heterocycles. The zero-order chi connectivity index (χ0) is 33.8. The van der Waals surface area contributed by atoms with Gasteiger partial charge in [0.05, 0.1) is 11.5 Å². The number of benzene rings is 2. The van der Waals surface area contributed by atoms with Crippen molar-refractivity contribution in [3.8, 4) is 11.5 Å². The zero-order valence-corrected chi connectivity index (χ0v) is 31.9. The van der Waals surface area contributed by atoms with E-state index in [4.69, 9.17) is 5.11 Å². The van der Waals surface area contributed by atoms with E-state index in [1.165, 1.54) is 140 Å². The van der Waals surface area contributed by atoms with E-state index in [0.29, 0.717) is 5.56 Å². The smallest absolute Gasteiger partial charge is 0.872 e. The van der Waals surface area contributed by atoms with Gasteiger partial charge in [-0.25, -0.2) is 4.79 Å².